The van der Waals surface area contributed by atoms with Gasteiger partial charge < -0.3 is 20.4 Å². The summed E-state index contributed by atoms with van der Waals surface area (Å²) in [6, 6.07) is 0.111. The van der Waals surface area contributed by atoms with Crippen molar-refractivity contribution in [3.05, 3.63) is 0 Å². The lowest BCUT2D eigenvalue weighted by molar-refractivity contribution is 0.123. The predicted molar refractivity (Wildman–Crippen MR) is 43.1 cm³/mol. The molecule has 0 aromatic rings. The molecule has 1 aliphatic heterocycles. The molecule has 0 saturated carbocycles. The molecule has 0 aromatic carbocycles. The molecule has 0 radical (unpaired) electrons. The van der Waals surface area contributed by atoms with Gasteiger partial charge in [0.1, 0.15) is 0 Å². The average Bonchev–Trinajstić information content (AvgIpc) is 2.05. The Morgan fingerprint density at radius 2 is 2.42 bits per heavy atom. The lowest BCUT2D eigenvalue weighted by Gasteiger charge is -2.31. The van der Waals surface area contributed by atoms with Crippen LogP contribution in [0.1, 0.15) is 6.42 Å². The van der Waals surface area contributed by atoms with Crippen LogP contribution in [0.25, 0.3) is 0 Å². The summed E-state index contributed by atoms with van der Waals surface area (Å²) in [6.45, 7) is 1.80. The van der Waals surface area contributed by atoms with Gasteiger partial charge in [-0.2, -0.15) is 0 Å². The number of amides is 1. The summed E-state index contributed by atoms with van der Waals surface area (Å²) < 4.78 is 0. The Balaban J connectivity index is 2.35. The molecule has 1 saturated heterocycles. The molecule has 0 bridgehead atoms. The van der Waals surface area contributed by atoms with Crippen LogP contribution in [0.4, 0.5) is 4.79 Å². The summed E-state index contributed by atoms with van der Waals surface area (Å²) in [7, 11) is 0. The summed E-state index contributed by atoms with van der Waals surface area (Å²) in [4.78, 5) is 11.9. The van der Waals surface area contributed by atoms with Crippen LogP contribution in [0, 0.1) is 0 Å². The Morgan fingerprint density at radius 3 is 3.00 bits per heavy atom. The van der Waals surface area contributed by atoms with E-state index >= 15 is 0 Å². The monoisotopic (exact) mass is 174 g/mol. The van der Waals surface area contributed by atoms with Crippen molar-refractivity contribution in [2.45, 2.75) is 12.5 Å². The summed E-state index contributed by atoms with van der Waals surface area (Å²) in [6.07, 6.45) is -0.261. The number of hydrogen-bond acceptors (Lipinski definition) is 3. The first-order valence-corrected chi connectivity index (χ1v) is 4.06. The molecule has 5 nitrogen and oxygen atoms in total. The van der Waals surface area contributed by atoms with Crippen molar-refractivity contribution in [1.82, 2.24) is 10.2 Å². The smallest absolute Gasteiger partial charge is 0.407 e. The molecular formula is C7H14N2O3. The second-order valence-electron chi connectivity index (χ2n) is 2.89. The SMILES string of the molecule is O=C(O)N1CCN[C@@H](CCO)C1. The maximum atomic E-state index is 10.5. The van der Waals surface area contributed by atoms with Crippen LogP contribution in [-0.4, -0.2) is 53.5 Å². The summed E-state index contributed by atoms with van der Waals surface area (Å²) in [5.74, 6) is 0. The Morgan fingerprint density at radius 1 is 1.67 bits per heavy atom. The minimum atomic E-state index is -0.876. The topological polar surface area (TPSA) is 72.8 Å². The number of piperazine rings is 1. The Kier molecular flexibility index (Phi) is 3.31. The third-order valence-electron chi connectivity index (χ3n) is 2.00. The van der Waals surface area contributed by atoms with Crippen LogP contribution in [0.2, 0.25) is 0 Å². The third kappa shape index (κ3) is 2.35. The highest BCUT2D eigenvalue weighted by Crippen LogP contribution is 2.02. The van der Waals surface area contributed by atoms with Crippen molar-refractivity contribution in [2.75, 3.05) is 26.2 Å². The zero-order chi connectivity index (χ0) is 8.97. The first-order chi connectivity index (χ1) is 5.74. The summed E-state index contributed by atoms with van der Waals surface area (Å²) in [5.41, 5.74) is 0. The van der Waals surface area contributed by atoms with Gasteiger partial charge in [-0.25, -0.2) is 4.79 Å². The lowest BCUT2D eigenvalue weighted by atomic mass is 10.1. The van der Waals surface area contributed by atoms with E-state index in [0.717, 1.165) is 0 Å². The molecule has 1 amide bonds. The highest BCUT2D eigenvalue weighted by molar-refractivity contribution is 5.65. The first-order valence-electron chi connectivity index (χ1n) is 4.06. The van der Waals surface area contributed by atoms with Crippen LogP contribution in [0.5, 0.6) is 0 Å². The van der Waals surface area contributed by atoms with Gasteiger partial charge in [0.05, 0.1) is 0 Å². The minimum absolute atomic E-state index is 0.102. The first kappa shape index (κ1) is 9.28. The van der Waals surface area contributed by atoms with Gasteiger partial charge in [-0.15, -0.1) is 0 Å². The van der Waals surface area contributed by atoms with Crippen LogP contribution in [-0.2, 0) is 0 Å². The van der Waals surface area contributed by atoms with E-state index in [-0.39, 0.29) is 12.6 Å². The van der Waals surface area contributed by atoms with Crippen LogP contribution in [0.3, 0.4) is 0 Å². The summed E-state index contributed by atoms with van der Waals surface area (Å²) in [5, 5.41) is 20.4. The van der Waals surface area contributed by atoms with Gasteiger partial charge >= 0.3 is 6.09 Å². The molecule has 1 heterocycles. The van der Waals surface area contributed by atoms with E-state index in [1.165, 1.54) is 4.90 Å². The number of nitrogens with one attached hydrogen (secondary N) is 1. The van der Waals surface area contributed by atoms with E-state index in [1.54, 1.807) is 0 Å². The lowest BCUT2D eigenvalue weighted by Crippen LogP contribution is -2.52. The van der Waals surface area contributed by atoms with E-state index in [2.05, 4.69) is 5.32 Å². The van der Waals surface area contributed by atoms with E-state index < -0.39 is 6.09 Å². The fourth-order valence-corrected chi connectivity index (χ4v) is 1.35. The molecule has 12 heavy (non-hydrogen) atoms. The summed E-state index contributed by atoms with van der Waals surface area (Å²) >= 11 is 0. The maximum absolute atomic E-state index is 10.5. The minimum Gasteiger partial charge on any atom is -0.465 e. The normalized spacial score (nSPS) is 24.1. The van der Waals surface area contributed by atoms with Crippen molar-refractivity contribution >= 4 is 6.09 Å². The van der Waals surface area contributed by atoms with Crippen LogP contribution >= 0.6 is 0 Å². The standard InChI is InChI=1S/C7H14N2O3/c10-4-1-6-5-9(7(11)12)3-2-8-6/h6,8,10H,1-5H2,(H,11,12)/t6-/m0/s1. The Hall–Kier alpha value is -0.810. The highest BCUT2D eigenvalue weighted by Gasteiger charge is 2.21. The second-order valence-corrected chi connectivity index (χ2v) is 2.89. The molecule has 1 aliphatic rings. The molecule has 1 fully saturated rings. The fourth-order valence-electron chi connectivity index (χ4n) is 1.35. The quantitative estimate of drug-likeness (QED) is 0.518. The number of rotatable bonds is 2. The van der Waals surface area contributed by atoms with Crippen LogP contribution in [0.15, 0.2) is 0 Å². The zero-order valence-electron chi connectivity index (χ0n) is 6.86. The molecular weight excluding hydrogens is 160 g/mol. The van der Waals surface area contributed by atoms with Crippen molar-refractivity contribution in [3.8, 4) is 0 Å². The molecule has 1 rings (SSSR count). The van der Waals surface area contributed by atoms with E-state index in [0.29, 0.717) is 26.1 Å². The van der Waals surface area contributed by atoms with Gasteiger partial charge in [0.15, 0.2) is 0 Å². The molecule has 0 unspecified atom stereocenters. The van der Waals surface area contributed by atoms with E-state index in [9.17, 15) is 4.79 Å². The third-order valence-corrected chi connectivity index (χ3v) is 2.00. The van der Waals surface area contributed by atoms with Gasteiger partial charge in [-0.3, -0.25) is 0 Å². The van der Waals surface area contributed by atoms with Gasteiger partial charge in [-0.05, 0) is 6.42 Å². The number of hydrogen-bond donors (Lipinski definition) is 3. The predicted octanol–water partition coefficient (Wildman–Crippen LogP) is -0.679. The Bertz CT molecular complexity index is 161. The molecule has 70 valence electrons. The number of aliphatic hydroxyl groups excluding tert-OH is 1. The van der Waals surface area contributed by atoms with Crippen molar-refractivity contribution < 1.29 is 15.0 Å². The molecule has 3 N–H and O–H groups in total. The van der Waals surface area contributed by atoms with Gasteiger partial charge in [0.25, 0.3) is 0 Å². The second kappa shape index (κ2) is 4.27. The molecule has 0 aliphatic carbocycles. The highest BCUT2D eigenvalue weighted by atomic mass is 16.4. The maximum Gasteiger partial charge on any atom is 0.407 e. The molecule has 5 heteroatoms. The molecule has 0 aromatic heterocycles. The Labute approximate surface area is 71.0 Å². The van der Waals surface area contributed by atoms with Gasteiger partial charge in [0.2, 0.25) is 0 Å². The number of nitrogens with zero attached hydrogens (tertiary/aromatic N) is 1. The molecule has 1 atom stereocenters. The molecule has 0 spiro atoms. The number of aliphatic hydroxyl groups is 1. The van der Waals surface area contributed by atoms with Gasteiger partial charge in [-0.1, -0.05) is 0 Å². The zero-order valence-corrected chi connectivity index (χ0v) is 6.86. The van der Waals surface area contributed by atoms with E-state index in [1.807, 2.05) is 0 Å². The van der Waals surface area contributed by atoms with Crippen molar-refractivity contribution in [3.63, 3.8) is 0 Å². The average molecular weight is 174 g/mol. The van der Waals surface area contributed by atoms with Crippen molar-refractivity contribution in [2.24, 2.45) is 0 Å². The largest absolute Gasteiger partial charge is 0.465 e. The number of carbonyl (C=O) groups is 1. The fraction of sp³-hybridized carbons (Fsp3) is 0.857. The van der Waals surface area contributed by atoms with Gasteiger partial charge in [0, 0.05) is 32.3 Å². The van der Waals surface area contributed by atoms with Crippen LogP contribution < -0.4 is 5.32 Å². The van der Waals surface area contributed by atoms with Crippen molar-refractivity contribution in [1.29, 1.82) is 0 Å². The van der Waals surface area contributed by atoms with E-state index in [4.69, 9.17) is 10.2 Å². The number of carboxylic acid groups (broad SMARTS) is 1.